The molecular formula is C15H15NO. The van der Waals surface area contributed by atoms with Crippen molar-refractivity contribution in [2.75, 3.05) is 11.4 Å². The van der Waals surface area contributed by atoms with Gasteiger partial charge in [-0.25, -0.2) is 0 Å². The summed E-state index contributed by atoms with van der Waals surface area (Å²) >= 11 is 0. The summed E-state index contributed by atoms with van der Waals surface area (Å²) in [5.41, 5.74) is 2.07. The van der Waals surface area contributed by atoms with Gasteiger partial charge in [-0.1, -0.05) is 36.4 Å². The molecule has 0 heterocycles. The molecule has 0 saturated carbocycles. The van der Waals surface area contributed by atoms with Gasteiger partial charge in [0.25, 0.3) is 0 Å². The van der Waals surface area contributed by atoms with E-state index < -0.39 is 0 Å². The quantitative estimate of drug-likeness (QED) is 0.794. The number of ketones is 1. The summed E-state index contributed by atoms with van der Waals surface area (Å²) in [6.45, 7) is 2.01. The van der Waals surface area contributed by atoms with E-state index in [1.54, 1.807) is 6.92 Å². The lowest BCUT2D eigenvalue weighted by molar-refractivity contribution is -0.115. The molecule has 17 heavy (non-hydrogen) atoms. The molecule has 0 spiro atoms. The largest absolute Gasteiger partial charge is 0.334 e. The summed E-state index contributed by atoms with van der Waals surface area (Å²) in [4.78, 5) is 13.4. The molecule has 2 heteroatoms. The van der Waals surface area contributed by atoms with E-state index in [4.69, 9.17) is 0 Å². The molecule has 0 fully saturated rings. The zero-order valence-electron chi connectivity index (χ0n) is 9.84. The maximum atomic E-state index is 11.4. The first kappa shape index (κ1) is 11.4. The molecule has 2 aromatic rings. The van der Waals surface area contributed by atoms with Gasteiger partial charge in [-0.05, 0) is 31.2 Å². The fraction of sp³-hybridized carbons (Fsp3) is 0.133. The van der Waals surface area contributed by atoms with E-state index in [9.17, 15) is 4.79 Å². The van der Waals surface area contributed by atoms with E-state index in [0.29, 0.717) is 6.54 Å². The number of carbonyl (C=O) groups is 1. The molecule has 0 saturated heterocycles. The monoisotopic (exact) mass is 225 g/mol. The minimum absolute atomic E-state index is 0.151. The van der Waals surface area contributed by atoms with Crippen LogP contribution in [0.2, 0.25) is 0 Å². The van der Waals surface area contributed by atoms with Crippen LogP contribution in [0.25, 0.3) is 0 Å². The van der Waals surface area contributed by atoms with Crippen molar-refractivity contribution < 1.29 is 4.79 Å². The molecule has 0 atom stereocenters. The van der Waals surface area contributed by atoms with Gasteiger partial charge in [-0.3, -0.25) is 4.79 Å². The summed E-state index contributed by atoms with van der Waals surface area (Å²) in [7, 11) is 0. The molecule has 0 amide bonds. The van der Waals surface area contributed by atoms with E-state index in [1.165, 1.54) is 0 Å². The molecule has 2 aromatic carbocycles. The number of carbonyl (C=O) groups excluding carboxylic acids is 1. The van der Waals surface area contributed by atoms with Crippen LogP contribution in [0.3, 0.4) is 0 Å². The fourth-order valence-corrected chi connectivity index (χ4v) is 1.77. The number of rotatable bonds is 4. The Morgan fingerprint density at radius 1 is 0.882 bits per heavy atom. The lowest BCUT2D eigenvalue weighted by Crippen LogP contribution is -2.23. The topological polar surface area (TPSA) is 20.3 Å². The Morgan fingerprint density at radius 3 is 1.65 bits per heavy atom. The number of nitrogens with zero attached hydrogens (tertiary/aromatic N) is 1. The van der Waals surface area contributed by atoms with E-state index in [0.717, 1.165) is 11.4 Å². The van der Waals surface area contributed by atoms with E-state index in [-0.39, 0.29) is 5.78 Å². The number of benzene rings is 2. The predicted octanol–water partition coefficient (Wildman–Crippen LogP) is 3.41. The summed E-state index contributed by atoms with van der Waals surface area (Å²) in [6, 6.07) is 19.9. The molecule has 86 valence electrons. The second kappa shape index (κ2) is 5.30. The van der Waals surface area contributed by atoms with Crippen molar-refractivity contribution in [3.8, 4) is 0 Å². The molecule has 0 aliphatic rings. The van der Waals surface area contributed by atoms with Gasteiger partial charge in [0.15, 0.2) is 0 Å². The molecule has 0 aliphatic carbocycles. The van der Waals surface area contributed by atoms with Gasteiger partial charge in [0.2, 0.25) is 0 Å². The van der Waals surface area contributed by atoms with Gasteiger partial charge in [-0.2, -0.15) is 0 Å². The molecule has 2 nitrogen and oxygen atoms in total. The van der Waals surface area contributed by atoms with Crippen LogP contribution >= 0.6 is 0 Å². The fourth-order valence-electron chi connectivity index (χ4n) is 1.77. The van der Waals surface area contributed by atoms with Crippen molar-refractivity contribution in [2.45, 2.75) is 6.92 Å². The third kappa shape index (κ3) is 2.94. The molecule has 0 unspecified atom stereocenters. The minimum Gasteiger partial charge on any atom is -0.334 e. The maximum absolute atomic E-state index is 11.4. The summed E-state index contributed by atoms with van der Waals surface area (Å²) in [5, 5.41) is 0. The zero-order chi connectivity index (χ0) is 12.1. The van der Waals surface area contributed by atoms with Crippen LogP contribution in [0.5, 0.6) is 0 Å². The molecule has 2 rings (SSSR count). The van der Waals surface area contributed by atoms with Gasteiger partial charge in [-0.15, -0.1) is 0 Å². The van der Waals surface area contributed by atoms with Crippen molar-refractivity contribution in [1.82, 2.24) is 0 Å². The van der Waals surface area contributed by atoms with Crippen LogP contribution in [0.4, 0.5) is 11.4 Å². The average molecular weight is 225 g/mol. The SMILES string of the molecule is CC(=O)CN(c1ccccc1)c1ccccc1. The normalized spacial score (nSPS) is 9.94. The standard InChI is InChI=1S/C15H15NO/c1-13(17)12-16(14-8-4-2-5-9-14)15-10-6-3-7-11-15/h2-11H,12H2,1H3. The van der Waals surface area contributed by atoms with Gasteiger partial charge in [0, 0.05) is 11.4 Å². The minimum atomic E-state index is 0.151. The summed E-state index contributed by atoms with van der Waals surface area (Å²) < 4.78 is 0. The smallest absolute Gasteiger partial charge is 0.149 e. The predicted molar refractivity (Wildman–Crippen MR) is 70.6 cm³/mol. The van der Waals surface area contributed by atoms with Crippen molar-refractivity contribution in [3.05, 3.63) is 60.7 Å². The van der Waals surface area contributed by atoms with E-state index >= 15 is 0 Å². The highest BCUT2D eigenvalue weighted by atomic mass is 16.1. The van der Waals surface area contributed by atoms with Gasteiger partial charge < -0.3 is 4.90 Å². The second-order valence-corrected chi connectivity index (χ2v) is 3.96. The summed E-state index contributed by atoms with van der Waals surface area (Å²) in [5.74, 6) is 0.151. The first-order chi connectivity index (χ1) is 8.27. The Balaban J connectivity index is 2.36. The Labute approximate surface area is 102 Å². The van der Waals surface area contributed by atoms with E-state index in [1.807, 2.05) is 65.6 Å². The first-order valence-corrected chi connectivity index (χ1v) is 5.64. The Bertz CT molecular complexity index is 439. The van der Waals surface area contributed by atoms with Gasteiger partial charge >= 0.3 is 0 Å². The number of Topliss-reactive ketones (excluding diaryl/α,β-unsaturated/α-hetero) is 1. The number of anilines is 2. The van der Waals surface area contributed by atoms with Crippen LogP contribution in [0.15, 0.2) is 60.7 Å². The Hall–Kier alpha value is -2.09. The number of para-hydroxylation sites is 2. The molecule has 0 N–H and O–H groups in total. The maximum Gasteiger partial charge on any atom is 0.149 e. The first-order valence-electron chi connectivity index (χ1n) is 5.64. The van der Waals surface area contributed by atoms with Gasteiger partial charge in [0.05, 0.1) is 6.54 Å². The molecular weight excluding hydrogens is 210 g/mol. The highest BCUT2D eigenvalue weighted by Gasteiger charge is 2.10. The number of hydrogen-bond donors (Lipinski definition) is 0. The zero-order valence-corrected chi connectivity index (χ0v) is 9.84. The van der Waals surface area contributed by atoms with E-state index in [2.05, 4.69) is 0 Å². The average Bonchev–Trinajstić information content (AvgIpc) is 2.38. The molecule has 0 bridgehead atoms. The molecule has 0 aliphatic heterocycles. The molecule has 0 radical (unpaired) electrons. The van der Waals surface area contributed by atoms with Crippen LogP contribution in [-0.2, 0) is 4.79 Å². The second-order valence-electron chi connectivity index (χ2n) is 3.96. The third-order valence-corrected chi connectivity index (χ3v) is 2.52. The lowest BCUT2D eigenvalue weighted by atomic mass is 10.2. The van der Waals surface area contributed by atoms with Crippen LogP contribution in [-0.4, -0.2) is 12.3 Å². The van der Waals surface area contributed by atoms with Crippen LogP contribution in [0.1, 0.15) is 6.92 Å². The van der Waals surface area contributed by atoms with Crippen LogP contribution < -0.4 is 4.90 Å². The Kier molecular flexibility index (Phi) is 3.55. The van der Waals surface area contributed by atoms with Crippen molar-refractivity contribution >= 4 is 17.2 Å². The van der Waals surface area contributed by atoms with Crippen LogP contribution in [0, 0.1) is 0 Å². The van der Waals surface area contributed by atoms with Gasteiger partial charge in [0.1, 0.15) is 5.78 Å². The lowest BCUT2D eigenvalue weighted by Gasteiger charge is -2.23. The summed E-state index contributed by atoms with van der Waals surface area (Å²) in [6.07, 6.45) is 0. The number of hydrogen-bond acceptors (Lipinski definition) is 2. The van der Waals surface area contributed by atoms with Crippen molar-refractivity contribution in [1.29, 1.82) is 0 Å². The molecule has 0 aromatic heterocycles. The highest BCUT2D eigenvalue weighted by molar-refractivity contribution is 5.84. The highest BCUT2D eigenvalue weighted by Crippen LogP contribution is 2.24. The Morgan fingerprint density at radius 2 is 1.29 bits per heavy atom. The van der Waals surface area contributed by atoms with Crippen molar-refractivity contribution in [2.24, 2.45) is 0 Å². The third-order valence-electron chi connectivity index (χ3n) is 2.52. The van der Waals surface area contributed by atoms with Crippen molar-refractivity contribution in [3.63, 3.8) is 0 Å².